The van der Waals surface area contributed by atoms with Crippen molar-refractivity contribution >= 4 is 23.0 Å². The Hall–Kier alpha value is -3.02. The molecule has 3 rings (SSSR count). The molecule has 0 saturated carbocycles. The van der Waals surface area contributed by atoms with Gasteiger partial charge in [0.25, 0.3) is 5.91 Å². The van der Waals surface area contributed by atoms with Gasteiger partial charge >= 0.3 is 0 Å². The predicted molar refractivity (Wildman–Crippen MR) is 88.3 cm³/mol. The van der Waals surface area contributed by atoms with Crippen molar-refractivity contribution in [1.29, 1.82) is 0 Å². The number of nitrogens with zero attached hydrogens (tertiary/aromatic N) is 4. The number of rotatable bonds is 4. The minimum Gasteiger partial charge on any atom is -0.497 e. The van der Waals surface area contributed by atoms with Gasteiger partial charge in [-0.15, -0.1) is 0 Å². The van der Waals surface area contributed by atoms with Gasteiger partial charge in [-0.2, -0.15) is 20.3 Å². The Balaban J connectivity index is 1.77. The molecule has 0 N–H and O–H groups in total. The second-order valence-electron chi connectivity index (χ2n) is 5.04. The first kappa shape index (κ1) is 14.9. The van der Waals surface area contributed by atoms with E-state index < -0.39 is 6.04 Å². The molecule has 23 heavy (non-hydrogen) atoms. The molecule has 0 spiro atoms. The van der Waals surface area contributed by atoms with E-state index in [1.165, 1.54) is 5.01 Å². The van der Waals surface area contributed by atoms with E-state index in [2.05, 4.69) is 15.3 Å². The molecule has 0 bridgehead atoms. The number of carbonyl (C=O) groups is 1. The highest BCUT2D eigenvalue weighted by Gasteiger charge is 2.34. The quantitative estimate of drug-likeness (QED) is 0.810. The average molecular weight is 308 g/mol. The summed E-state index contributed by atoms with van der Waals surface area (Å²) >= 11 is 0. The average Bonchev–Trinajstić information content (AvgIpc) is 2.88. The first-order valence-corrected chi connectivity index (χ1v) is 7.18. The van der Waals surface area contributed by atoms with Crippen LogP contribution in [0.15, 0.2) is 69.9 Å². The van der Waals surface area contributed by atoms with Crippen molar-refractivity contribution in [3.63, 3.8) is 0 Å². The second-order valence-corrected chi connectivity index (χ2v) is 5.04. The van der Waals surface area contributed by atoms with Gasteiger partial charge in [-0.25, -0.2) is 0 Å². The smallest absolute Gasteiger partial charge is 0.280 e. The van der Waals surface area contributed by atoms with Gasteiger partial charge in [-0.3, -0.25) is 4.79 Å². The summed E-state index contributed by atoms with van der Waals surface area (Å²) in [5, 5.41) is 13.9. The van der Waals surface area contributed by atoms with Crippen molar-refractivity contribution in [2.45, 2.75) is 13.0 Å². The molecule has 0 saturated heterocycles. The maximum absolute atomic E-state index is 12.5. The van der Waals surface area contributed by atoms with Crippen molar-refractivity contribution in [1.82, 2.24) is 0 Å². The van der Waals surface area contributed by atoms with Crippen molar-refractivity contribution in [2.75, 3.05) is 12.1 Å². The summed E-state index contributed by atoms with van der Waals surface area (Å²) in [6.45, 7) is 1.78. The molecule has 2 aromatic carbocycles. The summed E-state index contributed by atoms with van der Waals surface area (Å²) in [5.74, 6) is 0.542. The number of carbonyl (C=O) groups excluding carboxylic acids is 1. The second kappa shape index (κ2) is 6.39. The summed E-state index contributed by atoms with van der Waals surface area (Å²) in [4.78, 5) is 12.5. The van der Waals surface area contributed by atoms with Crippen molar-refractivity contribution in [2.24, 2.45) is 15.3 Å². The van der Waals surface area contributed by atoms with Crippen LogP contribution in [0.1, 0.15) is 6.92 Å². The first-order chi connectivity index (χ1) is 11.2. The van der Waals surface area contributed by atoms with Crippen molar-refractivity contribution in [3.05, 3.63) is 54.6 Å². The third-order valence-corrected chi connectivity index (χ3v) is 3.46. The molecule has 2 aromatic rings. The summed E-state index contributed by atoms with van der Waals surface area (Å²) < 4.78 is 5.09. The van der Waals surface area contributed by atoms with E-state index in [1.807, 2.05) is 30.3 Å². The molecule has 116 valence electrons. The number of para-hydroxylation sites is 1. The number of amides is 1. The first-order valence-electron chi connectivity index (χ1n) is 7.18. The topological polar surface area (TPSA) is 66.6 Å². The molecule has 1 amide bonds. The van der Waals surface area contributed by atoms with Gasteiger partial charge in [0.1, 0.15) is 5.75 Å². The zero-order valence-electron chi connectivity index (χ0n) is 12.9. The molecule has 1 aliphatic rings. The normalized spacial score (nSPS) is 17.7. The Labute approximate surface area is 134 Å². The highest BCUT2D eigenvalue weighted by Crippen LogP contribution is 2.23. The van der Waals surface area contributed by atoms with Crippen LogP contribution in [0, 0.1) is 0 Å². The number of anilines is 1. The molecule has 6 nitrogen and oxygen atoms in total. The van der Waals surface area contributed by atoms with E-state index >= 15 is 0 Å². The number of benzene rings is 2. The Bertz CT molecular complexity index is 754. The summed E-state index contributed by atoms with van der Waals surface area (Å²) in [7, 11) is 1.60. The molecule has 1 heterocycles. The van der Waals surface area contributed by atoms with Gasteiger partial charge in [0.15, 0.2) is 6.04 Å². The number of methoxy groups -OCH3 is 1. The van der Waals surface area contributed by atoms with Crippen LogP contribution in [0.2, 0.25) is 0 Å². The Morgan fingerprint density at radius 3 is 2.43 bits per heavy atom. The molecule has 1 atom stereocenters. The lowest BCUT2D eigenvalue weighted by atomic mass is 10.2. The third kappa shape index (κ3) is 3.11. The van der Waals surface area contributed by atoms with E-state index in [1.54, 1.807) is 38.3 Å². The summed E-state index contributed by atoms with van der Waals surface area (Å²) in [6, 6.07) is 15.7. The van der Waals surface area contributed by atoms with E-state index in [0.29, 0.717) is 11.4 Å². The lowest BCUT2D eigenvalue weighted by Crippen LogP contribution is -2.29. The van der Waals surface area contributed by atoms with Crippen LogP contribution in [-0.2, 0) is 4.79 Å². The van der Waals surface area contributed by atoms with Crippen molar-refractivity contribution in [3.8, 4) is 5.75 Å². The lowest BCUT2D eigenvalue weighted by Gasteiger charge is -2.11. The maximum atomic E-state index is 12.5. The molecule has 0 unspecified atom stereocenters. The Morgan fingerprint density at radius 2 is 1.78 bits per heavy atom. The van der Waals surface area contributed by atoms with Gasteiger partial charge in [0.2, 0.25) is 0 Å². The van der Waals surface area contributed by atoms with Crippen LogP contribution >= 0.6 is 0 Å². The zero-order chi connectivity index (χ0) is 16.2. The highest BCUT2D eigenvalue weighted by molar-refractivity contribution is 6.18. The fourth-order valence-corrected chi connectivity index (χ4v) is 2.22. The monoisotopic (exact) mass is 308 g/mol. The fourth-order valence-electron chi connectivity index (χ4n) is 2.22. The lowest BCUT2D eigenvalue weighted by molar-refractivity contribution is -0.117. The molecular formula is C17H16N4O2. The van der Waals surface area contributed by atoms with Gasteiger partial charge < -0.3 is 4.74 Å². The molecule has 0 radical (unpaired) electrons. The number of hydrogen-bond donors (Lipinski definition) is 0. The SMILES string of the molecule is COc1ccc(N=N[C@@H]2C(=O)N(c3ccccc3)N=C2C)cc1. The molecular weight excluding hydrogens is 292 g/mol. The van der Waals surface area contributed by atoms with E-state index in [4.69, 9.17) is 4.74 Å². The molecule has 1 aliphatic heterocycles. The largest absolute Gasteiger partial charge is 0.497 e. The Kier molecular flexibility index (Phi) is 4.14. The van der Waals surface area contributed by atoms with E-state index in [9.17, 15) is 4.79 Å². The Morgan fingerprint density at radius 1 is 1.09 bits per heavy atom. The summed E-state index contributed by atoms with van der Waals surface area (Å²) in [5.41, 5.74) is 2.00. The van der Waals surface area contributed by atoms with E-state index in [-0.39, 0.29) is 5.91 Å². The van der Waals surface area contributed by atoms with Gasteiger partial charge in [-0.1, -0.05) is 18.2 Å². The van der Waals surface area contributed by atoms with Crippen molar-refractivity contribution < 1.29 is 9.53 Å². The third-order valence-electron chi connectivity index (χ3n) is 3.46. The number of hydrogen-bond acceptors (Lipinski definition) is 5. The highest BCUT2D eigenvalue weighted by atomic mass is 16.5. The van der Waals surface area contributed by atoms with Crippen LogP contribution in [0.5, 0.6) is 5.75 Å². The number of azo groups is 1. The minimum atomic E-state index is -0.683. The molecule has 6 heteroatoms. The standard InChI is InChI=1S/C17H16N4O2/c1-12-16(19-18-13-8-10-15(23-2)11-9-13)17(22)21(20-12)14-6-4-3-5-7-14/h3-11,16H,1-2H3/t16-/m0/s1. The van der Waals surface area contributed by atoms with Crippen LogP contribution in [-0.4, -0.2) is 24.8 Å². The maximum Gasteiger partial charge on any atom is 0.280 e. The molecule has 0 aromatic heterocycles. The minimum absolute atomic E-state index is 0.203. The van der Waals surface area contributed by atoms with Gasteiger partial charge in [0, 0.05) is 0 Å². The van der Waals surface area contributed by atoms with Crippen LogP contribution in [0.25, 0.3) is 0 Å². The zero-order valence-corrected chi connectivity index (χ0v) is 12.9. The summed E-state index contributed by atoms with van der Waals surface area (Å²) in [6.07, 6.45) is 0. The van der Waals surface area contributed by atoms with E-state index in [0.717, 1.165) is 11.4 Å². The number of ether oxygens (including phenoxy) is 1. The molecule has 0 fully saturated rings. The predicted octanol–water partition coefficient (Wildman–Crippen LogP) is 3.57. The van der Waals surface area contributed by atoms with Crippen LogP contribution < -0.4 is 9.75 Å². The van der Waals surface area contributed by atoms with Crippen LogP contribution in [0.4, 0.5) is 11.4 Å². The molecule has 0 aliphatic carbocycles. The van der Waals surface area contributed by atoms with Gasteiger partial charge in [0.05, 0.1) is 24.2 Å². The fraction of sp³-hybridized carbons (Fsp3) is 0.176. The number of hydrazone groups is 1. The van der Waals surface area contributed by atoms with Crippen LogP contribution in [0.3, 0.4) is 0 Å². The van der Waals surface area contributed by atoms with Gasteiger partial charge in [-0.05, 0) is 43.3 Å².